The van der Waals surface area contributed by atoms with Crippen LogP contribution in [-0.2, 0) is 5.41 Å². The van der Waals surface area contributed by atoms with Gasteiger partial charge in [-0.2, -0.15) is 0 Å². The molecule has 2 aromatic rings. The minimum Gasteiger partial charge on any atom is -0.0620 e. The van der Waals surface area contributed by atoms with Crippen molar-refractivity contribution in [3.63, 3.8) is 0 Å². The van der Waals surface area contributed by atoms with Gasteiger partial charge in [0.25, 0.3) is 0 Å². The molecule has 0 heteroatoms. The van der Waals surface area contributed by atoms with Gasteiger partial charge in [0.2, 0.25) is 0 Å². The second kappa shape index (κ2) is 4.61. The number of aryl methyl sites for hydroxylation is 2. The topological polar surface area (TPSA) is 0 Å². The van der Waals surface area contributed by atoms with E-state index < -0.39 is 6.85 Å². The van der Waals surface area contributed by atoms with Gasteiger partial charge in [0.15, 0.2) is 0 Å². The molecule has 0 N–H and O–H groups in total. The Morgan fingerprint density at radius 1 is 0.944 bits per heavy atom. The number of rotatable bonds is 1. The zero-order valence-electron chi connectivity index (χ0n) is 14.5. The third-order valence-electron chi connectivity index (χ3n) is 3.28. The molecule has 2 rings (SSSR count). The Labute approximate surface area is 115 Å². The molecule has 0 amide bonds. The first-order valence-electron chi connectivity index (χ1n) is 7.82. The predicted octanol–water partition coefficient (Wildman–Crippen LogP) is 5.27. The third kappa shape index (κ3) is 2.48. The quantitative estimate of drug-likeness (QED) is 0.638. The summed E-state index contributed by atoms with van der Waals surface area (Å²) in [5.74, 6) is 0. The molecule has 0 atom stereocenters. The Hall–Kier alpha value is -1.56. The lowest BCUT2D eigenvalue weighted by Crippen LogP contribution is -2.13. The second-order valence-corrected chi connectivity index (χ2v) is 5.83. The van der Waals surface area contributed by atoms with Crippen LogP contribution in [0.1, 0.15) is 41.6 Å². The number of hydrogen-bond donors (Lipinski definition) is 0. The van der Waals surface area contributed by atoms with Crippen LogP contribution in [0.4, 0.5) is 0 Å². The molecule has 0 aliphatic rings. The first-order chi connectivity index (χ1) is 9.60. The van der Waals surface area contributed by atoms with Crippen molar-refractivity contribution in [2.45, 2.75) is 40.0 Å². The van der Waals surface area contributed by atoms with Crippen LogP contribution in [-0.4, -0.2) is 0 Å². The molecule has 0 heterocycles. The average Bonchev–Trinajstić information content (AvgIpc) is 2.37. The van der Waals surface area contributed by atoms with E-state index in [2.05, 4.69) is 39.8 Å². The summed E-state index contributed by atoms with van der Waals surface area (Å²) < 4.78 is 23.1. The summed E-state index contributed by atoms with van der Waals surface area (Å²) in [6.07, 6.45) is 0. The molecule has 0 saturated heterocycles. The molecule has 0 bridgehead atoms. The van der Waals surface area contributed by atoms with E-state index in [1.165, 1.54) is 11.1 Å². The van der Waals surface area contributed by atoms with Crippen molar-refractivity contribution in [2.75, 3.05) is 0 Å². The summed E-state index contributed by atoms with van der Waals surface area (Å²) in [4.78, 5) is 0. The van der Waals surface area contributed by atoms with Gasteiger partial charge in [0, 0.05) is 4.11 Å². The van der Waals surface area contributed by atoms with Crippen LogP contribution >= 0.6 is 0 Å². The second-order valence-electron chi connectivity index (χ2n) is 5.83. The van der Waals surface area contributed by atoms with E-state index in [1.54, 1.807) is 12.1 Å². The average molecular weight is 241 g/mol. The van der Waals surface area contributed by atoms with Crippen molar-refractivity contribution in [3.8, 4) is 11.1 Å². The van der Waals surface area contributed by atoms with Crippen LogP contribution in [0.15, 0.2) is 42.5 Å². The van der Waals surface area contributed by atoms with E-state index in [0.717, 1.165) is 11.1 Å². The Bertz CT molecular complexity index is 646. The van der Waals surface area contributed by atoms with Gasteiger partial charge in [-0.25, -0.2) is 0 Å². The standard InChI is InChI=1S/C18H22/c1-13-8-6-7-9-16(13)15-11-10-14(2)17(12-15)18(3,4)5/h6-12H,1-5H3/i1D3. The van der Waals surface area contributed by atoms with Gasteiger partial charge in [-0.3, -0.25) is 0 Å². The molecular formula is C18H22. The highest BCUT2D eigenvalue weighted by Gasteiger charge is 2.17. The minimum absolute atomic E-state index is 0.0367. The zero-order chi connectivity index (χ0) is 15.8. The van der Waals surface area contributed by atoms with Crippen molar-refractivity contribution in [1.82, 2.24) is 0 Å². The van der Waals surface area contributed by atoms with E-state index in [0.29, 0.717) is 5.56 Å². The van der Waals surface area contributed by atoms with Crippen molar-refractivity contribution >= 4 is 0 Å². The van der Waals surface area contributed by atoms with Gasteiger partial charge >= 0.3 is 0 Å². The highest BCUT2D eigenvalue weighted by atomic mass is 14.2. The van der Waals surface area contributed by atoms with Gasteiger partial charge < -0.3 is 0 Å². The summed E-state index contributed by atoms with van der Waals surface area (Å²) in [5.41, 5.74) is 4.70. The van der Waals surface area contributed by atoms with E-state index in [9.17, 15) is 0 Å². The zero-order valence-corrected chi connectivity index (χ0v) is 11.5. The molecule has 0 aliphatic heterocycles. The number of hydrogen-bond acceptors (Lipinski definition) is 0. The highest BCUT2D eigenvalue weighted by Crippen LogP contribution is 2.31. The van der Waals surface area contributed by atoms with Gasteiger partial charge in [0.1, 0.15) is 0 Å². The van der Waals surface area contributed by atoms with Crippen molar-refractivity contribution < 1.29 is 4.11 Å². The summed E-state index contributed by atoms with van der Waals surface area (Å²) in [7, 11) is 0. The summed E-state index contributed by atoms with van der Waals surface area (Å²) >= 11 is 0. The maximum atomic E-state index is 7.72. The molecule has 0 spiro atoms. The van der Waals surface area contributed by atoms with E-state index >= 15 is 0 Å². The molecular weight excluding hydrogens is 216 g/mol. The van der Waals surface area contributed by atoms with Crippen LogP contribution in [0.3, 0.4) is 0 Å². The molecule has 94 valence electrons. The lowest BCUT2D eigenvalue weighted by atomic mass is 9.82. The Balaban J connectivity index is 2.64. The van der Waals surface area contributed by atoms with Gasteiger partial charge in [0.05, 0.1) is 0 Å². The Kier molecular flexibility index (Phi) is 2.40. The molecule has 0 radical (unpaired) electrons. The third-order valence-corrected chi connectivity index (χ3v) is 3.28. The van der Waals surface area contributed by atoms with Gasteiger partial charge in [-0.1, -0.05) is 63.2 Å². The fraction of sp³-hybridized carbons (Fsp3) is 0.333. The predicted molar refractivity (Wildman–Crippen MR) is 80.1 cm³/mol. The summed E-state index contributed by atoms with van der Waals surface area (Å²) in [6, 6.07) is 13.5. The fourth-order valence-electron chi connectivity index (χ4n) is 2.33. The lowest BCUT2D eigenvalue weighted by molar-refractivity contribution is 0.586. The molecule has 18 heavy (non-hydrogen) atoms. The van der Waals surface area contributed by atoms with Crippen LogP contribution in [0.25, 0.3) is 11.1 Å². The Morgan fingerprint density at radius 2 is 1.67 bits per heavy atom. The first kappa shape index (κ1) is 9.38. The van der Waals surface area contributed by atoms with Crippen molar-refractivity contribution in [3.05, 3.63) is 59.2 Å². The van der Waals surface area contributed by atoms with Gasteiger partial charge in [-0.05, 0) is 47.0 Å². The van der Waals surface area contributed by atoms with Crippen LogP contribution in [0.2, 0.25) is 0 Å². The van der Waals surface area contributed by atoms with Crippen LogP contribution in [0, 0.1) is 13.8 Å². The maximum absolute atomic E-state index is 7.72. The molecule has 2 aromatic carbocycles. The highest BCUT2D eigenvalue weighted by molar-refractivity contribution is 5.68. The van der Waals surface area contributed by atoms with Crippen LogP contribution in [0.5, 0.6) is 0 Å². The molecule has 0 unspecified atom stereocenters. The minimum atomic E-state index is -2.09. The van der Waals surface area contributed by atoms with Crippen LogP contribution < -0.4 is 0 Å². The number of benzene rings is 2. The summed E-state index contributed by atoms with van der Waals surface area (Å²) in [6.45, 7) is 6.53. The normalized spacial score (nSPS) is 14.8. The van der Waals surface area contributed by atoms with E-state index in [1.807, 2.05) is 18.2 Å². The molecule has 0 fully saturated rings. The molecule has 0 nitrogen and oxygen atoms in total. The smallest absolute Gasteiger partial charge is 0.0280 e. The largest absolute Gasteiger partial charge is 0.0620 e. The van der Waals surface area contributed by atoms with E-state index in [4.69, 9.17) is 4.11 Å². The summed E-state index contributed by atoms with van der Waals surface area (Å²) in [5, 5.41) is 0. The van der Waals surface area contributed by atoms with Gasteiger partial charge in [-0.15, -0.1) is 0 Å². The van der Waals surface area contributed by atoms with E-state index in [-0.39, 0.29) is 5.41 Å². The molecule has 0 aliphatic carbocycles. The monoisotopic (exact) mass is 241 g/mol. The Morgan fingerprint density at radius 3 is 2.33 bits per heavy atom. The van der Waals surface area contributed by atoms with Crippen molar-refractivity contribution in [2.24, 2.45) is 0 Å². The molecule has 0 saturated carbocycles. The maximum Gasteiger partial charge on any atom is 0.0280 e. The molecule has 0 aromatic heterocycles. The SMILES string of the molecule is [2H]C([2H])([2H])c1ccccc1-c1ccc(C)c(C(C)(C)C)c1. The lowest BCUT2D eigenvalue weighted by Gasteiger charge is -2.23. The van der Waals surface area contributed by atoms with Crippen molar-refractivity contribution in [1.29, 1.82) is 0 Å². The first-order valence-corrected chi connectivity index (χ1v) is 6.32. The fourth-order valence-corrected chi connectivity index (χ4v) is 2.33.